The second-order valence-electron chi connectivity index (χ2n) is 26.7. The molecule has 2 aliphatic carbocycles. The Bertz CT molecular complexity index is 3300. The van der Waals surface area contributed by atoms with Crippen LogP contribution in [0.15, 0.2) is 200 Å². The van der Waals surface area contributed by atoms with Crippen molar-refractivity contribution in [1.82, 2.24) is 0 Å². The zero-order chi connectivity index (χ0) is 55.7. The van der Waals surface area contributed by atoms with Gasteiger partial charge in [-0.1, -0.05) is 192 Å². The standard InChI is InChI=1S/C56H62S.3C7H7.Hf/c1-53(2,3)39-21-23-43-37(29-39)31-47-45(25-27-49(51(43)47)55(7,8)9)41-19-15-13-17-35(41)33-57-34-36-18-14-16-20-42(36)46-26-28-50(56(10,11)12)52-44-24-22-40(54(4,5)6)30-38(44)32-48(46)52;3*1-7-5-3-2-4-6-7;/h13-30H,31-34H2,1-12H3;3*2-6H,1H2;. The van der Waals surface area contributed by atoms with E-state index in [4.69, 9.17) is 0 Å². The van der Waals surface area contributed by atoms with Crippen molar-refractivity contribution in [3.63, 3.8) is 0 Å². The average molecular weight is 1220 g/mol. The summed E-state index contributed by atoms with van der Waals surface area (Å²) < 4.78 is 4.03. The van der Waals surface area contributed by atoms with Crippen LogP contribution in [-0.4, -0.2) is 0 Å². The first-order valence-corrected chi connectivity index (χ1v) is 37.8. The Kier molecular flexibility index (Phi) is 16.7. The maximum absolute atomic E-state index is 2.48. The van der Waals surface area contributed by atoms with E-state index in [9.17, 15) is 0 Å². The predicted octanol–water partition coefficient (Wildman–Crippen LogP) is 21.0. The molecule has 0 nitrogen and oxygen atoms in total. The van der Waals surface area contributed by atoms with Gasteiger partial charge in [-0.15, -0.1) is 0 Å². The van der Waals surface area contributed by atoms with Gasteiger partial charge < -0.3 is 0 Å². The van der Waals surface area contributed by atoms with Crippen LogP contribution >= 0.6 is 11.8 Å². The van der Waals surface area contributed by atoms with Crippen LogP contribution in [0.3, 0.4) is 0 Å². The molecule has 0 radical (unpaired) electrons. The van der Waals surface area contributed by atoms with Crippen molar-refractivity contribution in [2.24, 2.45) is 0 Å². The van der Waals surface area contributed by atoms with Crippen LogP contribution in [0.4, 0.5) is 0 Å². The summed E-state index contributed by atoms with van der Waals surface area (Å²) in [5.74, 6) is 1.92. The Hall–Kier alpha value is -5.80. The van der Waals surface area contributed by atoms with Crippen molar-refractivity contribution in [1.29, 1.82) is 0 Å². The van der Waals surface area contributed by atoms with Gasteiger partial charge in [0.2, 0.25) is 0 Å². The Morgan fingerprint density at radius 2 is 0.658 bits per heavy atom. The number of hydrogen-bond acceptors (Lipinski definition) is 1. The first-order valence-electron chi connectivity index (χ1n) is 29.0. The van der Waals surface area contributed by atoms with Crippen LogP contribution in [0, 0.1) is 0 Å². The summed E-state index contributed by atoms with van der Waals surface area (Å²) in [6, 6.07) is 75.7. The molecule has 0 amide bonds. The Morgan fingerprint density at radius 1 is 0.329 bits per heavy atom. The van der Waals surface area contributed by atoms with E-state index in [1.807, 2.05) is 11.8 Å². The van der Waals surface area contributed by atoms with Crippen molar-refractivity contribution in [3.05, 3.63) is 273 Å². The molecule has 0 aromatic heterocycles. The number of thioether (sulfide) groups is 1. The predicted molar refractivity (Wildman–Crippen MR) is 340 cm³/mol. The zero-order valence-corrected chi connectivity index (χ0v) is 53.8. The average Bonchev–Trinajstić information content (AvgIpc) is 4.24. The van der Waals surface area contributed by atoms with Crippen molar-refractivity contribution in [2.45, 2.75) is 142 Å². The third-order valence-electron chi connectivity index (χ3n) is 16.5. The third kappa shape index (κ3) is 12.9. The summed E-state index contributed by atoms with van der Waals surface area (Å²) in [6.07, 6.45) is 1.98. The van der Waals surface area contributed by atoms with Crippen LogP contribution in [0.2, 0.25) is 0 Å². The van der Waals surface area contributed by atoms with Crippen LogP contribution in [-0.2, 0) is 80.0 Å². The molecule has 2 heteroatoms. The molecule has 9 aromatic rings. The summed E-state index contributed by atoms with van der Waals surface area (Å²) >= 11 is 0.305. The van der Waals surface area contributed by atoms with Gasteiger partial charge in [-0.2, -0.15) is 11.8 Å². The fourth-order valence-electron chi connectivity index (χ4n) is 12.2. The molecule has 79 heavy (non-hydrogen) atoms. The molecular formula is C77H83HfS. The number of rotatable bonds is 12. The van der Waals surface area contributed by atoms with Gasteiger partial charge in [0.1, 0.15) is 0 Å². The normalized spacial score (nSPS) is 12.8. The second-order valence-corrected chi connectivity index (χ2v) is 36.9. The maximum atomic E-state index is 2.48. The van der Waals surface area contributed by atoms with Crippen LogP contribution in [0.25, 0.3) is 44.5 Å². The molecule has 0 atom stereocenters. The molecule has 0 unspecified atom stereocenters. The molecule has 0 saturated heterocycles. The molecule has 0 aliphatic heterocycles. The van der Waals surface area contributed by atoms with Gasteiger partial charge in [-0.25, -0.2) is 0 Å². The van der Waals surface area contributed by atoms with E-state index >= 15 is 0 Å². The third-order valence-corrected chi connectivity index (χ3v) is 27.3. The van der Waals surface area contributed by atoms with Crippen LogP contribution in [0.5, 0.6) is 0 Å². The van der Waals surface area contributed by atoms with E-state index in [0.29, 0.717) is 0 Å². The van der Waals surface area contributed by atoms with Crippen LogP contribution in [0.1, 0.15) is 155 Å². The summed E-state index contributed by atoms with van der Waals surface area (Å²) in [7, 11) is 0. The Balaban J connectivity index is 0.000000266. The van der Waals surface area contributed by atoms with Gasteiger partial charge in [0.15, 0.2) is 0 Å². The molecule has 0 heterocycles. The Morgan fingerprint density at radius 3 is 1.00 bits per heavy atom. The topological polar surface area (TPSA) is 0 Å². The Labute approximate surface area is 488 Å². The SMILES string of the molecule is CC(C)(C)c1ccc2c(c1)Cc1c(-c3ccccc3CSCc3ccccc3-c3ccc(C(C)(C)C)c4c3Cc3cc(C(C)(C)C)ccc3-4)ccc(C(C)(C)C)c1-2.c1ccc([CH2][Hf]([CH2]c2ccccc2)[CH2]c2ccccc2)cc1. The molecule has 0 saturated carbocycles. The summed E-state index contributed by atoms with van der Waals surface area (Å²) in [6.45, 7) is 28.1. The molecule has 9 aromatic carbocycles. The van der Waals surface area contributed by atoms with E-state index in [1.54, 1.807) is 0 Å². The van der Waals surface area contributed by atoms with Gasteiger partial charge in [0.25, 0.3) is 0 Å². The minimum absolute atomic E-state index is 0.0566. The summed E-state index contributed by atoms with van der Waals surface area (Å²) in [5, 5.41) is 0. The first kappa shape index (κ1) is 56.5. The molecule has 2 aliphatic rings. The van der Waals surface area contributed by atoms with E-state index < -0.39 is 21.4 Å². The molecular weight excluding hydrogens is 1140 g/mol. The molecule has 11 rings (SSSR count). The zero-order valence-electron chi connectivity index (χ0n) is 49.4. The fraction of sp³-hybridized carbons (Fsp3) is 0.299. The van der Waals surface area contributed by atoms with E-state index in [1.165, 1.54) is 129 Å². The van der Waals surface area contributed by atoms with Crippen molar-refractivity contribution in [3.8, 4) is 44.5 Å². The van der Waals surface area contributed by atoms with Gasteiger partial charge in [-0.05, 0) is 135 Å². The monoisotopic (exact) mass is 1220 g/mol. The summed E-state index contributed by atoms with van der Waals surface area (Å²) in [4.78, 5) is 0. The quantitative estimate of drug-likeness (QED) is 0.110. The van der Waals surface area contributed by atoms with Crippen molar-refractivity contribution < 1.29 is 21.4 Å². The van der Waals surface area contributed by atoms with E-state index in [2.05, 4.69) is 283 Å². The molecule has 0 fully saturated rings. The van der Waals surface area contributed by atoms with E-state index in [-0.39, 0.29) is 21.7 Å². The van der Waals surface area contributed by atoms with Gasteiger partial charge in [0, 0.05) is 11.5 Å². The molecule has 0 bridgehead atoms. The number of benzene rings is 9. The molecule has 0 N–H and O–H groups in total. The molecule has 0 spiro atoms. The van der Waals surface area contributed by atoms with E-state index in [0.717, 1.165) is 24.3 Å². The minimum atomic E-state index is -1.74. The number of hydrogen-bond donors (Lipinski definition) is 0. The van der Waals surface area contributed by atoms with Gasteiger partial charge in [-0.3, -0.25) is 0 Å². The fourth-order valence-corrected chi connectivity index (χ4v) is 23.4. The first-order chi connectivity index (χ1) is 37.7. The van der Waals surface area contributed by atoms with Gasteiger partial charge in [0.05, 0.1) is 0 Å². The molecule has 401 valence electrons. The van der Waals surface area contributed by atoms with Crippen molar-refractivity contribution in [2.75, 3.05) is 0 Å². The number of fused-ring (bicyclic) bond motifs is 6. The van der Waals surface area contributed by atoms with Crippen LogP contribution < -0.4 is 0 Å². The second kappa shape index (κ2) is 23.4. The summed E-state index contributed by atoms with van der Waals surface area (Å²) in [5.41, 5.74) is 30.8. The van der Waals surface area contributed by atoms with Crippen molar-refractivity contribution >= 4 is 11.8 Å². The van der Waals surface area contributed by atoms with Gasteiger partial charge >= 0.3 is 142 Å².